The van der Waals surface area contributed by atoms with Crippen molar-refractivity contribution in [1.82, 2.24) is 15.0 Å². The van der Waals surface area contributed by atoms with Gasteiger partial charge >= 0.3 is 0 Å². The summed E-state index contributed by atoms with van der Waals surface area (Å²) in [4.78, 5) is 4.28. The molecule has 1 heterocycles. The summed E-state index contributed by atoms with van der Waals surface area (Å²) in [5.41, 5.74) is 7.19. The number of nitrogens with zero attached hydrogens (tertiary/aromatic N) is 1. The zero-order chi connectivity index (χ0) is 19.3. The summed E-state index contributed by atoms with van der Waals surface area (Å²) in [6.07, 6.45) is 3.36. The summed E-state index contributed by atoms with van der Waals surface area (Å²) in [5, 5.41) is 4.97. The van der Waals surface area contributed by atoms with Crippen LogP contribution in [0.3, 0.4) is 0 Å². The largest absolute Gasteiger partial charge is 0.323 e. The SMILES string of the molecule is CC(CNCC(N)c1ccccc1)NS(=O)(=O)c1ccc2cnccc2c1.Cl.Cl.Cl. The molecule has 0 aliphatic rings. The van der Waals surface area contributed by atoms with Gasteiger partial charge in [0.1, 0.15) is 0 Å². The second-order valence-electron chi connectivity index (χ2n) is 6.58. The molecule has 0 bridgehead atoms. The van der Waals surface area contributed by atoms with Crippen LogP contribution in [0.2, 0.25) is 0 Å². The van der Waals surface area contributed by atoms with Crippen molar-refractivity contribution in [1.29, 1.82) is 0 Å². The lowest BCUT2D eigenvalue weighted by atomic mass is 10.1. The highest BCUT2D eigenvalue weighted by atomic mass is 35.5. The van der Waals surface area contributed by atoms with E-state index in [1.807, 2.05) is 37.3 Å². The Labute approximate surface area is 196 Å². The molecule has 10 heteroatoms. The summed E-state index contributed by atoms with van der Waals surface area (Å²) < 4.78 is 28.0. The number of hydrogen-bond donors (Lipinski definition) is 3. The highest BCUT2D eigenvalue weighted by molar-refractivity contribution is 7.89. The van der Waals surface area contributed by atoms with Crippen LogP contribution in [0.4, 0.5) is 0 Å². The maximum atomic E-state index is 12.6. The van der Waals surface area contributed by atoms with Crippen LogP contribution >= 0.6 is 37.2 Å². The van der Waals surface area contributed by atoms with Crippen LogP contribution < -0.4 is 15.8 Å². The molecule has 2 unspecified atom stereocenters. The Morgan fingerprint density at radius 2 is 1.67 bits per heavy atom. The Bertz CT molecular complexity index is 1010. The van der Waals surface area contributed by atoms with Crippen LogP contribution in [0.25, 0.3) is 10.8 Å². The molecule has 3 rings (SSSR count). The van der Waals surface area contributed by atoms with Gasteiger partial charge in [-0.1, -0.05) is 36.4 Å². The molecule has 2 aromatic carbocycles. The van der Waals surface area contributed by atoms with Gasteiger partial charge in [0.15, 0.2) is 0 Å². The van der Waals surface area contributed by atoms with E-state index in [0.29, 0.717) is 13.1 Å². The van der Waals surface area contributed by atoms with Gasteiger partial charge in [0.05, 0.1) is 4.90 Å². The van der Waals surface area contributed by atoms with Gasteiger partial charge in [0.25, 0.3) is 0 Å². The van der Waals surface area contributed by atoms with Crippen LogP contribution in [-0.4, -0.2) is 32.5 Å². The zero-order valence-electron chi connectivity index (χ0n) is 16.4. The van der Waals surface area contributed by atoms with E-state index in [1.165, 1.54) is 0 Å². The zero-order valence-corrected chi connectivity index (χ0v) is 19.7. The molecule has 30 heavy (non-hydrogen) atoms. The number of nitrogens with one attached hydrogen (secondary N) is 2. The van der Waals surface area contributed by atoms with Crippen molar-refractivity contribution in [2.24, 2.45) is 5.73 Å². The fraction of sp³-hybridized carbons (Fsp3) is 0.250. The monoisotopic (exact) mass is 492 g/mol. The first-order valence-corrected chi connectivity index (χ1v) is 10.3. The fourth-order valence-corrected chi connectivity index (χ4v) is 4.16. The van der Waals surface area contributed by atoms with Gasteiger partial charge in [-0.3, -0.25) is 4.98 Å². The molecule has 166 valence electrons. The summed E-state index contributed by atoms with van der Waals surface area (Å²) in [7, 11) is -3.60. The molecule has 3 aromatic rings. The average molecular weight is 494 g/mol. The number of hydrogen-bond acceptors (Lipinski definition) is 5. The number of rotatable bonds is 8. The van der Waals surface area contributed by atoms with Gasteiger partial charge < -0.3 is 11.1 Å². The predicted octanol–water partition coefficient (Wildman–Crippen LogP) is 3.46. The van der Waals surface area contributed by atoms with E-state index < -0.39 is 10.0 Å². The Balaban J connectivity index is 0.00000280. The summed E-state index contributed by atoms with van der Waals surface area (Å²) in [5.74, 6) is 0. The summed E-state index contributed by atoms with van der Waals surface area (Å²) in [6.45, 7) is 2.87. The van der Waals surface area contributed by atoms with Crippen molar-refractivity contribution < 1.29 is 8.42 Å². The lowest BCUT2D eigenvalue weighted by Gasteiger charge is -2.18. The van der Waals surface area contributed by atoms with E-state index in [4.69, 9.17) is 5.73 Å². The lowest BCUT2D eigenvalue weighted by molar-refractivity contribution is 0.520. The van der Waals surface area contributed by atoms with Crippen molar-refractivity contribution >= 4 is 58.0 Å². The van der Waals surface area contributed by atoms with Crippen molar-refractivity contribution in [2.75, 3.05) is 13.1 Å². The molecule has 4 N–H and O–H groups in total. The molecule has 2 atom stereocenters. The first kappa shape index (κ1) is 28.5. The van der Waals surface area contributed by atoms with Gasteiger partial charge in [0, 0.05) is 43.0 Å². The Hall–Kier alpha value is -1.45. The maximum absolute atomic E-state index is 12.6. The highest BCUT2D eigenvalue weighted by Gasteiger charge is 2.18. The van der Waals surface area contributed by atoms with E-state index in [9.17, 15) is 8.42 Å². The van der Waals surface area contributed by atoms with Crippen LogP contribution in [0.1, 0.15) is 18.5 Å². The number of benzene rings is 2. The van der Waals surface area contributed by atoms with Crippen LogP contribution in [-0.2, 0) is 10.0 Å². The molecule has 0 saturated heterocycles. The van der Waals surface area contributed by atoms with Gasteiger partial charge in [-0.15, -0.1) is 37.2 Å². The summed E-state index contributed by atoms with van der Waals surface area (Å²) >= 11 is 0. The minimum Gasteiger partial charge on any atom is -0.323 e. The number of pyridine rings is 1. The van der Waals surface area contributed by atoms with Crippen LogP contribution in [0, 0.1) is 0 Å². The number of fused-ring (bicyclic) bond motifs is 1. The third kappa shape index (κ3) is 7.67. The van der Waals surface area contributed by atoms with Crippen molar-refractivity contribution in [2.45, 2.75) is 23.9 Å². The third-order valence-electron chi connectivity index (χ3n) is 4.32. The van der Waals surface area contributed by atoms with Gasteiger partial charge in [-0.2, -0.15) is 0 Å². The van der Waals surface area contributed by atoms with Gasteiger partial charge in [-0.05, 0) is 36.1 Å². The minimum absolute atomic E-state index is 0. The maximum Gasteiger partial charge on any atom is 0.240 e. The van der Waals surface area contributed by atoms with Crippen molar-refractivity contribution in [3.8, 4) is 0 Å². The summed E-state index contributed by atoms with van der Waals surface area (Å²) in [6, 6.07) is 16.2. The first-order chi connectivity index (χ1) is 13.0. The fourth-order valence-electron chi connectivity index (χ4n) is 2.88. The quantitative estimate of drug-likeness (QED) is 0.446. The first-order valence-electron chi connectivity index (χ1n) is 8.83. The Morgan fingerprint density at radius 1 is 0.967 bits per heavy atom. The highest BCUT2D eigenvalue weighted by Crippen LogP contribution is 2.18. The molecule has 0 aliphatic heterocycles. The third-order valence-corrected chi connectivity index (χ3v) is 5.91. The van der Waals surface area contributed by atoms with E-state index in [2.05, 4.69) is 15.0 Å². The topological polar surface area (TPSA) is 97.1 Å². The lowest BCUT2D eigenvalue weighted by Crippen LogP contribution is -2.41. The number of aromatic nitrogens is 1. The molecule has 0 spiro atoms. The number of sulfonamides is 1. The molecule has 0 radical (unpaired) electrons. The van der Waals surface area contributed by atoms with Crippen LogP contribution in [0.5, 0.6) is 0 Å². The second kappa shape index (κ2) is 13.1. The Kier molecular flexibility index (Phi) is 12.4. The number of nitrogens with two attached hydrogens (primary N) is 1. The predicted molar refractivity (Wildman–Crippen MR) is 130 cm³/mol. The molecule has 1 aromatic heterocycles. The molecule has 0 saturated carbocycles. The second-order valence-corrected chi connectivity index (χ2v) is 8.30. The molecular formula is C20H27Cl3N4O2S. The smallest absolute Gasteiger partial charge is 0.240 e. The van der Waals surface area contributed by atoms with E-state index in [1.54, 1.807) is 36.7 Å². The Morgan fingerprint density at radius 3 is 2.37 bits per heavy atom. The molecule has 6 nitrogen and oxygen atoms in total. The normalized spacial score (nSPS) is 12.7. The number of halogens is 3. The van der Waals surface area contributed by atoms with Gasteiger partial charge in [0.2, 0.25) is 10.0 Å². The van der Waals surface area contributed by atoms with Crippen LogP contribution in [0.15, 0.2) is 71.9 Å². The molecule has 0 amide bonds. The minimum atomic E-state index is -3.60. The molecular weight excluding hydrogens is 467 g/mol. The van der Waals surface area contributed by atoms with E-state index >= 15 is 0 Å². The molecule has 0 fully saturated rings. The van der Waals surface area contributed by atoms with E-state index in [-0.39, 0.29) is 54.2 Å². The van der Waals surface area contributed by atoms with Crippen molar-refractivity contribution in [3.63, 3.8) is 0 Å². The molecule has 0 aliphatic carbocycles. The van der Waals surface area contributed by atoms with Gasteiger partial charge in [-0.25, -0.2) is 13.1 Å². The van der Waals surface area contributed by atoms with E-state index in [0.717, 1.165) is 16.3 Å². The van der Waals surface area contributed by atoms with Crippen molar-refractivity contribution in [3.05, 3.63) is 72.6 Å². The standard InChI is InChI=1S/C20H24N4O2S.3ClH/c1-15(12-23-14-20(21)16-5-3-2-4-6-16)24-27(25,26)19-8-7-18-13-22-10-9-17(18)11-19;;;/h2-11,13,15,20,23-24H,12,14,21H2,1H3;3*1H. The average Bonchev–Trinajstić information content (AvgIpc) is 2.67.